The number of anilines is 2. The number of amides is 2. The fourth-order valence-corrected chi connectivity index (χ4v) is 1.77. The predicted molar refractivity (Wildman–Crippen MR) is 75.8 cm³/mol. The van der Waals surface area contributed by atoms with E-state index in [9.17, 15) is 9.59 Å². The van der Waals surface area contributed by atoms with Gasteiger partial charge in [-0.2, -0.15) is 5.10 Å². The van der Waals surface area contributed by atoms with Crippen LogP contribution in [-0.2, 0) is 0 Å². The molecule has 0 unspecified atom stereocenters. The first kappa shape index (κ1) is 13.9. The van der Waals surface area contributed by atoms with Crippen LogP contribution in [-0.4, -0.2) is 29.1 Å². The van der Waals surface area contributed by atoms with Gasteiger partial charge < -0.3 is 16.4 Å². The lowest BCUT2D eigenvalue weighted by Gasteiger charge is -2.07. The zero-order chi connectivity index (χ0) is 14.7. The summed E-state index contributed by atoms with van der Waals surface area (Å²) >= 11 is 5.92. The third-order valence-corrected chi connectivity index (χ3v) is 2.87. The molecular formula is C12H12ClN5O2. The molecule has 0 aliphatic heterocycles. The van der Waals surface area contributed by atoms with E-state index in [4.69, 9.17) is 17.3 Å². The Balaban J connectivity index is 2.22. The van der Waals surface area contributed by atoms with Crippen LogP contribution in [0, 0.1) is 0 Å². The van der Waals surface area contributed by atoms with E-state index >= 15 is 0 Å². The Kier molecular flexibility index (Phi) is 3.90. The van der Waals surface area contributed by atoms with Crippen molar-refractivity contribution in [2.24, 2.45) is 0 Å². The van der Waals surface area contributed by atoms with Crippen molar-refractivity contribution in [1.82, 2.24) is 15.5 Å². The molecule has 5 N–H and O–H groups in total. The van der Waals surface area contributed by atoms with Gasteiger partial charge in [0.1, 0.15) is 11.5 Å². The highest BCUT2D eigenvalue weighted by Gasteiger charge is 2.13. The van der Waals surface area contributed by atoms with Crippen LogP contribution in [0.1, 0.15) is 20.8 Å². The fraction of sp³-hybridized carbons (Fsp3) is 0.0833. The lowest BCUT2D eigenvalue weighted by molar-refractivity contribution is 0.0961. The van der Waals surface area contributed by atoms with Crippen molar-refractivity contribution in [1.29, 1.82) is 0 Å². The third-order valence-electron chi connectivity index (χ3n) is 2.54. The number of benzene rings is 1. The number of hydrogen-bond donors (Lipinski definition) is 4. The number of rotatable bonds is 3. The molecule has 104 valence electrons. The van der Waals surface area contributed by atoms with Crippen molar-refractivity contribution in [2.45, 2.75) is 0 Å². The van der Waals surface area contributed by atoms with E-state index in [1.54, 1.807) is 6.07 Å². The van der Waals surface area contributed by atoms with Crippen LogP contribution in [0.2, 0.25) is 5.02 Å². The summed E-state index contributed by atoms with van der Waals surface area (Å²) in [7, 11) is 1.50. The minimum Gasteiger partial charge on any atom is -0.382 e. The maximum absolute atomic E-state index is 11.9. The molecule has 0 atom stereocenters. The number of carbonyl (C=O) groups excluding carboxylic acids is 2. The highest BCUT2D eigenvalue weighted by molar-refractivity contribution is 6.34. The Labute approximate surface area is 119 Å². The number of nitrogens with two attached hydrogens (primary N) is 1. The topological polar surface area (TPSA) is 113 Å². The van der Waals surface area contributed by atoms with Crippen LogP contribution in [0.25, 0.3) is 0 Å². The molecule has 1 aromatic heterocycles. The molecule has 0 radical (unpaired) electrons. The number of H-pyrrole nitrogens is 1. The summed E-state index contributed by atoms with van der Waals surface area (Å²) < 4.78 is 0. The van der Waals surface area contributed by atoms with Gasteiger partial charge in [-0.1, -0.05) is 11.6 Å². The zero-order valence-corrected chi connectivity index (χ0v) is 11.3. The smallest absolute Gasteiger partial charge is 0.273 e. The summed E-state index contributed by atoms with van der Waals surface area (Å²) in [5.41, 5.74) is 6.35. The lowest BCUT2D eigenvalue weighted by atomic mass is 10.2. The Bertz CT molecular complexity index is 668. The van der Waals surface area contributed by atoms with Crippen molar-refractivity contribution >= 4 is 34.9 Å². The molecule has 1 aromatic carbocycles. The molecule has 1 heterocycles. The van der Waals surface area contributed by atoms with Gasteiger partial charge in [0.05, 0.1) is 10.6 Å². The molecule has 7 nitrogen and oxygen atoms in total. The molecule has 0 saturated heterocycles. The largest absolute Gasteiger partial charge is 0.382 e. The normalized spacial score (nSPS) is 10.1. The second-order valence-corrected chi connectivity index (χ2v) is 4.34. The van der Waals surface area contributed by atoms with Crippen LogP contribution < -0.4 is 16.4 Å². The molecule has 20 heavy (non-hydrogen) atoms. The van der Waals surface area contributed by atoms with Gasteiger partial charge in [-0.3, -0.25) is 14.7 Å². The average Bonchev–Trinajstić information content (AvgIpc) is 2.87. The number of aromatic amines is 1. The summed E-state index contributed by atoms with van der Waals surface area (Å²) in [6.45, 7) is 0. The number of hydrogen-bond acceptors (Lipinski definition) is 4. The van der Waals surface area contributed by atoms with Crippen LogP contribution in [0.15, 0.2) is 24.3 Å². The van der Waals surface area contributed by atoms with Crippen molar-refractivity contribution in [2.75, 3.05) is 18.1 Å². The monoisotopic (exact) mass is 293 g/mol. The van der Waals surface area contributed by atoms with Crippen LogP contribution in [0.4, 0.5) is 11.5 Å². The van der Waals surface area contributed by atoms with Crippen molar-refractivity contribution in [3.05, 3.63) is 40.5 Å². The maximum Gasteiger partial charge on any atom is 0.273 e. The van der Waals surface area contributed by atoms with Gasteiger partial charge in [0.25, 0.3) is 11.8 Å². The van der Waals surface area contributed by atoms with Crippen LogP contribution >= 0.6 is 11.6 Å². The predicted octanol–water partition coefficient (Wildman–Crippen LogP) is 1.26. The molecule has 8 heteroatoms. The van der Waals surface area contributed by atoms with E-state index in [1.807, 2.05) is 0 Å². The number of nitrogen functional groups attached to an aromatic ring is 1. The SMILES string of the molecule is CNC(=O)c1cc(NC(=O)c2cc(N)n[nH]2)ccc1Cl. The quantitative estimate of drug-likeness (QED) is 0.682. The average molecular weight is 294 g/mol. The second-order valence-electron chi connectivity index (χ2n) is 3.93. The minimum absolute atomic E-state index is 0.220. The van der Waals surface area contributed by atoms with Gasteiger partial charge in [0.15, 0.2) is 0 Å². The van der Waals surface area contributed by atoms with E-state index in [-0.39, 0.29) is 23.0 Å². The molecule has 0 saturated carbocycles. The molecule has 2 aromatic rings. The summed E-state index contributed by atoms with van der Waals surface area (Å²) in [5.74, 6) is -0.534. The molecular weight excluding hydrogens is 282 g/mol. The zero-order valence-electron chi connectivity index (χ0n) is 10.5. The first-order chi connectivity index (χ1) is 9.51. The number of carbonyl (C=O) groups is 2. The van der Waals surface area contributed by atoms with Gasteiger partial charge in [-0.25, -0.2) is 0 Å². The van der Waals surface area contributed by atoms with E-state index in [2.05, 4.69) is 20.8 Å². The van der Waals surface area contributed by atoms with E-state index in [1.165, 1.54) is 25.2 Å². The Morgan fingerprint density at radius 1 is 1.30 bits per heavy atom. The van der Waals surface area contributed by atoms with Gasteiger partial charge in [0.2, 0.25) is 0 Å². The van der Waals surface area contributed by atoms with Gasteiger partial charge in [-0.05, 0) is 18.2 Å². The summed E-state index contributed by atoms with van der Waals surface area (Å²) in [5, 5.41) is 11.5. The number of nitrogens with one attached hydrogen (secondary N) is 3. The Morgan fingerprint density at radius 2 is 2.05 bits per heavy atom. The fourth-order valence-electron chi connectivity index (χ4n) is 1.56. The molecule has 0 fully saturated rings. The summed E-state index contributed by atoms with van der Waals surface area (Å²) in [6.07, 6.45) is 0. The molecule has 0 spiro atoms. The summed E-state index contributed by atoms with van der Waals surface area (Å²) in [4.78, 5) is 23.5. The third kappa shape index (κ3) is 2.89. The highest BCUT2D eigenvalue weighted by atomic mass is 35.5. The molecule has 0 bridgehead atoms. The van der Waals surface area contributed by atoms with E-state index < -0.39 is 5.91 Å². The Hall–Kier alpha value is -2.54. The number of nitrogens with zero attached hydrogens (tertiary/aromatic N) is 1. The number of aromatic nitrogens is 2. The van der Waals surface area contributed by atoms with E-state index in [0.29, 0.717) is 10.7 Å². The Morgan fingerprint density at radius 3 is 2.65 bits per heavy atom. The van der Waals surface area contributed by atoms with E-state index in [0.717, 1.165) is 0 Å². The second kappa shape index (κ2) is 5.62. The van der Waals surface area contributed by atoms with Crippen LogP contribution in [0.5, 0.6) is 0 Å². The first-order valence-electron chi connectivity index (χ1n) is 5.65. The highest BCUT2D eigenvalue weighted by Crippen LogP contribution is 2.21. The van der Waals surface area contributed by atoms with Crippen molar-refractivity contribution < 1.29 is 9.59 Å². The lowest BCUT2D eigenvalue weighted by Crippen LogP contribution is -2.19. The van der Waals surface area contributed by atoms with Gasteiger partial charge >= 0.3 is 0 Å². The van der Waals surface area contributed by atoms with Crippen LogP contribution in [0.3, 0.4) is 0 Å². The number of halogens is 1. The van der Waals surface area contributed by atoms with Gasteiger partial charge in [0, 0.05) is 18.8 Å². The minimum atomic E-state index is -0.417. The van der Waals surface area contributed by atoms with Crippen molar-refractivity contribution in [3.63, 3.8) is 0 Å². The standard InChI is InChI=1S/C12H12ClN5O2/c1-15-11(19)7-4-6(2-3-8(7)13)16-12(20)9-5-10(14)18-17-9/h2-5H,1H3,(H,15,19)(H,16,20)(H3,14,17,18). The molecule has 0 aliphatic rings. The molecule has 2 amide bonds. The molecule has 2 rings (SSSR count). The first-order valence-corrected chi connectivity index (χ1v) is 6.03. The van der Waals surface area contributed by atoms with Gasteiger partial charge in [-0.15, -0.1) is 0 Å². The molecule has 0 aliphatic carbocycles. The summed E-state index contributed by atoms with van der Waals surface area (Å²) in [6, 6.07) is 6.01. The van der Waals surface area contributed by atoms with Crippen molar-refractivity contribution in [3.8, 4) is 0 Å². The maximum atomic E-state index is 11.9.